The molecule has 0 radical (unpaired) electrons. The Bertz CT molecular complexity index is 634. The Morgan fingerprint density at radius 1 is 1.29 bits per heavy atom. The first-order valence-corrected chi connectivity index (χ1v) is 6.45. The van der Waals surface area contributed by atoms with Crippen molar-refractivity contribution in [1.82, 2.24) is 15.1 Å². The van der Waals surface area contributed by atoms with Gasteiger partial charge in [0.05, 0.1) is 5.69 Å². The minimum absolute atomic E-state index is 0.135. The molecule has 1 heterocycles. The number of rotatable bonds is 5. The van der Waals surface area contributed by atoms with Gasteiger partial charge in [0.2, 0.25) is 0 Å². The highest BCUT2D eigenvalue weighted by Gasteiger charge is 2.13. The minimum Gasteiger partial charge on any atom is -0.451 e. The summed E-state index contributed by atoms with van der Waals surface area (Å²) in [5.41, 5.74) is 7.16. The van der Waals surface area contributed by atoms with Gasteiger partial charge in [-0.3, -0.25) is 4.79 Å². The zero-order valence-electron chi connectivity index (χ0n) is 11.6. The van der Waals surface area contributed by atoms with Gasteiger partial charge >= 0.3 is 5.97 Å². The SMILES string of the molecule is CCNC(=O)COC(=O)c1ccn(-c2ccc(N)cc2)n1. The third-order valence-corrected chi connectivity index (χ3v) is 2.66. The maximum Gasteiger partial charge on any atom is 0.359 e. The highest BCUT2D eigenvalue weighted by molar-refractivity contribution is 5.89. The van der Waals surface area contributed by atoms with E-state index in [1.807, 2.05) is 0 Å². The van der Waals surface area contributed by atoms with Crippen molar-refractivity contribution in [3.63, 3.8) is 0 Å². The van der Waals surface area contributed by atoms with E-state index >= 15 is 0 Å². The number of amides is 1. The van der Waals surface area contributed by atoms with Crippen LogP contribution in [-0.4, -0.2) is 34.8 Å². The molecule has 0 atom stereocenters. The van der Waals surface area contributed by atoms with Gasteiger partial charge in [-0.05, 0) is 37.3 Å². The Morgan fingerprint density at radius 3 is 2.67 bits per heavy atom. The van der Waals surface area contributed by atoms with E-state index in [1.165, 1.54) is 10.7 Å². The Morgan fingerprint density at radius 2 is 2.00 bits per heavy atom. The molecule has 0 saturated carbocycles. The molecule has 21 heavy (non-hydrogen) atoms. The number of aromatic nitrogens is 2. The summed E-state index contributed by atoms with van der Waals surface area (Å²) in [6.45, 7) is 1.96. The van der Waals surface area contributed by atoms with Gasteiger partial charge in [0.1, 0.15) is 0 Å². The molecule has 1 amide bonds. The van der Waals surface area contributed by atoms with Crippen LogP contribution in [0, 0.1) is 0 Å². The van der Waals surface area contributed by atoms with Crippen LogP contribution in [0.4, 0.5) is 5.69 Å². The molecule has 3 N–H and O–H groups in total. The van der Waals surface area contributed by atoms with Gasteiger partial charge in [-0.2, -0.15) is 5.10 Å². The summed E-state index contributed by atoms with van der Waals surface area (Å²) in [4.78, 5) is 23.0. The van der Waals surface area contributed by atoms with Crippen LogP contribution >= 0.6 is 0 Å². The number of nitrogen functional groups attached to an aromatic ring is 1. The highest BCUT2D eigenvalue weighted by atomic mass is 16.5. The molecule has 2 aromatic rings. The second-order valence-electron chi connectivity index (χ2n) is 4.27. The Kier molecular flexibility index (Phi) is 4.55. The summed E-state index contributed by atoms with van der Waals surface area (Å²) < 4.78 is 6.39. The van der Waals surface area contributed by atoms with Gasteiger partial charge in [-0.1, -0.05) is 0 Å². The number of likely N-dealkylation sites (N-methyl/N-ethyl adjacent to an activating group) is 1. The monoisotopic (exact) mass is 288 g/mol. The number of esters is 1. The van der Waals surface area contributed by atoms with Crippen LogP contribution in [0.15, 0.2) is 36.5 Å². The molecule has 0 fully saturated rings. The lowest BCUT2D eigenvalue weighted by atomic mass is 10.3. The number of nitrogens with one attached hydrogen (secondary N) is 1. The van der Waals surface area contributed by atoms with E-state index in [4.69, 9.17) is 10.5 Å². The summed E-state index contributed by atoms with van der Waals surface area (Å²) in [5, 5.41) is 6.64. The van der Waals surface area contributed by atoms with Crippen molar-refractivity contribution in [2.24, 2.45) is 0 Å². The zero-order valence-corrected chi connectivity index (χ0v) is 11.6. The molecule has 7 heteroatoms. The number of ether oxygens (including phenoxy) is 1. The summed E-state index contributed by atoms with van der Waals surface area (Å²) >= 11 is 0. The fourth-order valence-electron chi connectivity index (χ4n) is 1.66. The van der Waals surface area contributed by atoms with Crippen molar-refractivity contribution in [3.8, 4) is 5.69 Å². The third kappa shape index (κ3) is 3.82. The first kappa shape index (κ1) is 14.6. The molecule has 0 saturated heterocycles. The minimum atomic E-state index is -0.643. The van der Waals surface area contributed by atoms with Crippen molar-refractivity contribution in [2.45, 2.75) is 6.92 Å². The van der Waals surface area contributed by atoms with Crippen LogP contribution in [0.2, 0.25) is 0 Å². The first-order chi connectivity index (χ1) is 10.1. The lowest BCUT2D eigenvalue weighted by Crippen LogP contribution is -2.28. The zero-order chi connectivity index (χ0) is 15.2. The molecule has 2 rings (SSSR count). The lowest BCUT2D eigenvalue weighted by molar-refractivity contribution is -0.124. The number of carbonyl (C=O) groups is 2. The van der Waals surface area contributed by atoms with Crippen molar-refractivity contribution in [2.75, 3.05) is 18.9 Å². The summed E-state index contributed by atoms with van der Waals surface area (Å²) in [5.74, 6) is -0.987. The van der Waals surface area contributed by atoms with Crippen LogP contribution in [0.1, 0.15) is 17.4 Å². The van der Waals surface area contributed by atoms with Crippen molar-refractivity contribution < 1.29 is 14.3 Å². The third-order valence-electron chi connectivity index (χ3n) is 2.66. The predicted molar refractivity (Wildman–Crippen MR) is 76.9 cm³/mol. The van der Waals surface area contributed by atoms with E-state index in [1.54, 1.807) is 37.4 Å². The number of hydrogen-bond acceptors (Lipinski definition) is 5. The largest absolute Gasteiger partial charge is 0.451 e. The first-order valence-electron chi connectivity index (χ1n) is 6.45. The summed E-state index contributed by atoms with van der Waals surface area (Å²) in [6.07, 6.45) is 1.63. The Balaban J connectivity index is 2.00. The molecule has 0 unspecified atom stereocenters. The average Bonchev–Trinajstić information content (AvgIpc) is 2.96. The quantitative estimate of drug-likeness (QED) is 0.624. The molecular weight excluding hydrogens is 272 g/mol. The van der Waals surface area contributed by atoms with Gasteiger partial charge in [0.15, 0.2) is 12.3 Å². The highest BCUT2D eigenvalue weighted by Crippen LogP contribution is 2.11. The van der Waals surface area contributed by atoms with Gasteiger partial charge < -0.3 is 15.8 Å². The van der Waals surface area contributed by atoms with Crippen LogP contribution in [0.5, 0.6) is 0 Å². The Hall–Kier alpha value is -2.83. The van der Waals surface area contributed by atoms with Crippen LogP contribution in [-0.2, 0) is 9.53 Å². The fraction of sp³-hybridized carbons (Fsp3) is 0.214. The second-order valence-corrected chi connectivity index (χ2v) is 4.27. The van der Waals surface area contributed by atoms with E-state index in [9.17, 15) is 9.59 Å². The fourth-order valence-corrected chi connectivity index (χ4v) is 1.66. The molecule has 7 nitrogen and oxygen atoms in total. The Labute approximate surface area is 121 Å². The lowest BCUT2D eigenvalue weighted by Gasteiger charge is -2.03. The van der Waals surface area contributed by atoms with Crippen molar-refractivity contribution in [3.05, 3.63) is 42.2 Å². The van der Waals surface area contributed by atoms with Gasteiger partial charge in [-0.25, -0.2) is 9.48 Å². The molecule has 1 aromatic heterocycles. The predicted octanol–water partition coefficient (Wildman–Crippen LogP) is 0.747. The maximum atomic E-state index is 11.8. The molecule has 110 valence electrons. The molecule has 0 aliphatic rings. The van der Waals surface area contributed by atoms with Gasteiger partial charge in [0.25, 0.3) is 5.91 Å². The van der Waals surface area contributed by atoms with Crippen LogP contribution in [0.25, 0.3) is 5.69 Å². The number of benzene rings is 1. The number of carbonyl (C=O) groups excluding carboxylic acids is 2. The van der Waals surface area contributed by atoms with Crippen LogP contribution < -0.4 is 11.1 Å². The number of hydrogen-bond donors (Lipinski definition) is 2. The number of anilines is 1. The smallest absolute Gasteiger partial charge is 0.359 e. The molecular formula is C14H16N4O3. The van der Waals surface area contributed by atoms with Crippen molar-refractivity contribution >= 4 is 17.6 Å². The molecule has 0 aliphatic carbocycles. The number of nitrogens with zero attached hydrogens (tertiary/aromatic N) is 2. The summed E-state index contributed by atoms with van der Waals surface area (Å²) in [6, 6.07) is 8.57. The van der Waals surface area contributed by atoms with Crippen LogP contribution in [0.3, 0.4) is 0 Å². The second kappa shape index (κ2) is 6.56. The maximum absolute atomic E-state index is 11.8. The number of nitrogens with two attached hydrogens (primary N) is 1. The normalized spacial score (nSPS) is 10.1. The molecule has 0 aliphatic heterocycles. The standard InChI is InChI=1S/C14H16N4O3/c1-2-16-13(19)9-21-14(20)12-7-8-18(17-12)11-5-3-10(15)4-6-11/h3-8H,2,9,15H2,1H3,(H,16,19). The summed E-state index contributed by atoms with van der Waals surface area (Å²) in [7, 11) is 0. The molecule has 1 aromatic carbocycles. The molecule has 0 spiro atoms. The van der Waals surface area contributed by atoms with Gasteiger partial charge in [0, 0.05) is 18.4 Å². The van der Waals surface area contributed by atoms with E-state index in [0.29, 0.717) is 12.2 Å². The van der Waals surface area contributed by atoms with E-state index in [-0.39, 0.29) is 18.2 Å². The van der Waals surface area contributed by atoms with E-state index < -0.39 is 5.97 Å². The topological polar surface area (TPSA) is 99.2 Å². The van der Waals surface area contributed by atoms with Gasteiger partial charge in [-0.15, -0.1) is 0 Å². The van der Waals surface area contributed by atoms with E-state index in [0.717, 1.165) is 5.69 Å². The van der Waals surface area contributed by atoms with E-state index in [2.05, 4.69) is 10.4 Å². The van der Waals surface area contributed by atoms with Crippen molar-refractivity contribution in [1.29, 1.82) is 0 Å². The average molecular weight is 288 g/mol. The molecule has 0 bridgehead atoms.